The molecule has 0 bridgehead atoms. The fraction of sp³-hybridized carbons (Fsp3) is 0.560. The van der Waals surface area contributed by atoms with E-state index in [9.17, 15) is 36.6 Å². The first-order valence-electron chi connectivity index (χ1n) is 12.3. The zero-order valence-corrected chi connectivity index (χ0v) is 22.3. The van der Waals surface area contributed by atoms with Gasteiger partial charge in [-0.2, -0.15) is 13.2 Å². The molecule has 1 aromatic carbocycles. The third-order valence-corrected chi connectivity index (χ3v) is 6.29. The summed E-state index contributed by atoms with van der Waals surface area (Å²) in [7, 11) is 0.925. The monoisotopic (exact) mass is 579 g/mol. The Morgan fingerprint density at radius 3 is 2.45 bits per heavy atom. The molecule has 1 unspecified atom stereocenters. The highest BCUT2D eigenvalue weighted by Crippen LogP contribution is 2.40. The molecule has 1 aromatic rings. The Kier molecular flexibility index (Phi) is 11.8. The number of carbonyl (C=O) groups excluding carboxylic acids is 2. The first-order chi connectivity index (χ1) is 18.7. The van der Waals surface area contributed by atoms with Crippen LogP contribution < -0.4 is 21.7 Å². The van der Waals surface area contributed by atoms with Crippen molar-refractivity contribution >= 4 is 23.9 Å². The Morgan fingerprint density at radius 1 is 1.25 bits per heavy atom. The van der Waals surface area contributed by atoms with Crippen molar-refractivity contribution in [2.24, 2.45) is 16.1 Å². The van der Waals surface area contributed by atoms with E-state index >= 15 is 0 Å². The molecule has 1 aliphatic heterocycles. The van der Waals surface area contributed by atoms with Gasteiger partial charge >= 0.3 is 12.3 Å². The second-order valence-electron chi connectivity index (χ2n) is 9.67. The number of nitrogens with two attached hydrogens (primary N) is 1. The van der Waals surface area contributed by atoms with E-state index < -0.39 is 53.9 Å². The first-order valence-corrected chi connectivity index (χ1v) is 12.3. The predicted molar refractivity (Wildman–Crippen MR) is 136 cm³/mol. The van der Waals surface area contributed by atoms with Crippen LogP contribution in [0.5, 0.6) is 0 Å². The van der Waals surface area contributed by atoms with Crippen molar-refractivity contribution in [1.29, 1.82) is 0 Å². The summed E-state index contributed by atoms with van der Waals surface area (Å²) in [6.45, 7) is 1.43. The summed E-state index contributed by atoms with van der Waals surface area (Å²) in [5, 5.41) is 16.7. The minimum Gasteiger partial charge on any atom is -0.453 e. The van der Waals surface area contributed by atoms with E-state index in [-0.39, 0.29) is 36.0 Å². The lowest BCUT2D eigenvalue weighted by atomic mass is 9.83. The Labute approximate surface area is 228 Å². The maximum Gasteiger partial charge on any atom is 0.407 e. The van der Waals surface area contributed by atoms with Gasteiger partial charge in [0.05, 0.1) is 31.3 Å². The van der Waals surface area contributed by atoms with Crippen molar-refractivity contribution in [2.45, 2.75) is 51.2 Å². The van der Waals surface area contributed by atoms with Crippen molar-refractivity contribution < 1.29 is 46.1 Å². The highest BCUT2D eigenvalue weighted by Gasteiger charge is 2.55. The van der Waals surface area contributed by atoms with Crippen LogP contribution in [-0.4, -0.2) is 81.1 Å². The van der Waals surface area contributed by atoms with E-state index in [2.05, 4.69) is 20.4 Å². The number of hydrogen-bond acceptors (Lipinski definition) is 8. The molecule has 1 fully saturated rings. The number of benzene rings is 1. The van der Waals surface area contributed by atoms with Crippen molar-refractivity contribution in [3.8, 4) is 0 Å². The molecule has 0 spiro atoms. The number of hydrogen-bond donors (Lipinski definition) is 5. The van der Waals surface area contributed by atoms with Gasteiger partial charge in [-0.3, -0.25) is 9.79 Å². The Balaban J connectivity index is 1.92. The quantitative estimate of drug-likeness (QED) is 0.188. The number of ether oxygens (including phenoxy) is 2. The molecule has 224 valence electrons. The fourth-order valence-corrected chi connectivity index (χ4v) is 3.59. The summed E-state index contributed by atoms with van der Waals surface area (Å²) >= 11 is 0. The number of alkyl halides is 3. The molecule has 1 heterocycles. The Bertz CT molecular complexity index is 1070. The van der Waals surface area contributed by atoms with E-state index in [1.54, 1.807) is 0 Å². The molecule has 40 heavy (non-hydrogen) atoms. The normalized spacial score (nSPS) is 18.0. The molecule has 0 aromatic heterocycles. The van der Waals surface area contributed by atoms with Crippen molar-refractivity contribution in [1.82, 2.24) is 16.0 Å². The van der Waals surface area contributed by atoms with E-state index in [0.717, 1.165) is 39.5 Å². The number of allylic oxidation sites excluding steroid dienone is 1. The molecule has 1 saturated heterocycles. The molecule has 1 aliphatic rings. The van der Waals surface area contributed by atoms with Crippen molar-refractivity contribution in [3.05, 3.63) is 41.0 Å². The van der Waals surface area contributed by atoms with Gasteiger partial charge in [0.1, 0.15) is 17.7 Å². The lowest BCUT2D eigenvalue weighted by Gasteiger charge is -2.35. The summed E-state index contributed by atoms with van der Waals surface area (Å²) in [5.74, 6) is -3.01. The van der Waals surface area contributed by atoms with Gasteiger partial charge in [-0.25, -0.2) is 13.6 Å². The zero-order chi connectivity index (χ0) is 30.1. The lowest BCUT2D eigenvalue weighted by molar-refractivity contribution is -0.220. The highest BCUT2D eigenvalue weighted by atomic mass is 19.4. The number of methoxy groups -OCH3 is 1. The van der Waals surface area contributed by atoms with E-state index in [4.69, 9.17) is 10.5 Å². The van der Waals surface area contributed by atoms with E-state index in [1.165, 1.54) is 12.3 Å². The summed E-state index contributed by atoms with van der Waals surface area (Å²) in [5.41, 5.74) is 3.09. The average Bonchev–Trinajstić information content (AvgIpc) is 3.39. The predicted octanol–water partition coefficient (Wildman–Crippen LogP) is 2.00. The first kappa shape index (κ1) is 32.9. The van der Waals surface area contributed by atoms with Crippen LogP contribution >= 0.6 is 0 Å². The summed E-state index contributed by atoms with van der Waals surface area (Å²) < 4.78 is 79.0. The average molecular weight is 580 g/mol. The lowest BCUT2D eigenvalue weighted by Crippen LogP contribution is -2.60. The maximum absolute atomic E-state index is 14.6. The van der Waals surface area contributed by atoms with E-state index in [1.807, 2.05) is 5.32 Å². The number of aliphatic hydroxyl groups excluding tert-OH is 1. The van der Waals surface area contributed by atoms with Crippen LogP contribution in [0.25, 0.3) is 5.70 Å². The zero-order valence-electron chi connectivity index (χ0n) is 22.3. The number of amides is 2. The maximum atomic E-state index is 14.6. The third-order valence-electron chi connectivity index (χ3n) is 6.29. The number of nitrogens with zero attached hydrogens (tertiary/aromatic N) is 1. The minimum atomic E-state index is -4.86. The largest absolute Gasteiger partial charge is 0.453 e. The summed E-state index contributed by atoms with van der Waals surface area (Å²) in [6.07, 6.45) is -3.79. The number of alkyl carbamates (subject to hydrolysis) is 1. The number of rotatable bonds is 12. The molecule has 0 radical (unpaired) electrons. The number of aliphatic imine (C=N–C) groups is 1. The van der Waals surface area contributed by atoms with Crippen LogP contribution in [0.1, 0.15) is 31.4 Å². The van der Waals surface area contributed by atoms with E-state index in [0.29, 0.717) is 13.2 Å². The summed E-state index contributed by atoms with van der Waals surface area (Å²) in [4.78, 5) is 28.2. The number of carbonyl (C=O) groups is 2. The fourth-order valence-electron chi connectivity index (χ4n) is 3.59. The van der Waals surface area contributed by atoms with Crippen LogP contribution in [0.2, 0.25) is 0 Å². The SMILES string of the molecule is COC(=O)NC(C(=O)NC[C@@H](O)CNCc1c(F)cc(C(N)=CC=N[C@H]2CCOC2)cc1F)C(C)(C)C(F)(F)F. The van der Waals surface area contributed by atoms with Crippen molar-refractivity contribution in [2.75, 3.05) is 33.4 Å². The molecule has 3 atom stereocenters. The Hall–Kier alpha value is -3.30. The minimum absolute atomic E-state index is 0.0133. The van der Waals surface area contributed by atoms with Gasteiger partial charge in [0, 0.05) is 49.3 Å². The molecule has 0 aliphatic carbocycles. The van der Waals surface area contributed by atoms with Gasteiger partial charge in [-0.05, 0) is 38.5 Å². The third kappa shape index (κ3) is 9.13. The number of halogens is 5. The van der Waals surface area contributed by atoms with Crippen LogP contribution in [-0.2, 0) is 20.8 Å². The standard InChI is InChI=1S/C25H34F5N5O5/c1-24(2,25(28,29)30)21(35-23(38)39-3)22(37)34-11-16(36)10-32-12-17-18(26)8-14(9-19(17)27)20(31)4-6-33-15-5-7-40-13-15/h4,6,8-9,15-16,21,32,36H,5,7,10-13,31H2,1-3H3,(H,34,37)(H,35,38)/t15-,16-,21?/m0/s1. The number of aliphatic hydroxyl groups is 1. The van der Waals surface area contributed by atoms with Gasteiger partial charge in [0.25, 0.3) is 0 Å². The molecule has 10 nitrogen and oxygen atoms in total. The van der Waals surface area contributed by atoms with Gasteiger partial charge in [-0.15, -0.1) is 0 Å². The molecule has 2 amide bonds. The topological polar surface area (TPSA) is 147 Å². The molecule has 15 heteroatoms. The van der Waals surface area contributed by atoms with Gasteiger partial charge in [-0.1, -0.05) is 0 Å². The van der Waals surface area contributed by atoms with Gasteiger partial charge < -0.3 is 36.3 Å². The van der Waals surface area contributed by atoms with Crippen LogP contribution in [0, 0.1) is 17.0 Å². The van der Waals surface area contributed by atoms with Gasteiger partial charge in [0.15, 0.2) is 0 Å². The molecule has 6 N–H and O–H groups in total. The van der Waals surface area contributed by atoms with Gasteiger partial charge in [0.2, 0.25) is 5.91 Å². The van der Waals surface area contributed by atoms with Crippen molar-refractivity contribution in [3.63, 3.8) is 0 Å². The smallest absolute Gasteiger partial charge is 0.407 e. The van der Waals surface area contributed by atoms with Crippen LogP contribution in [0.4, 0.5) is 26.7 Å². The second-order valence-corrected chi connectivity index (χ2v) is 9.67. The van der Waals surface area contributed by atoms with Crippen LogP contribution in [0.3, 0.4) is 0 Å². The molecule has 2 rings (SSSR count). The Morgan fingerprint density at radius 2 is 1.90 bits per heavy atom. The summed E-state index contributed by atoms with van der Waals surface area (Å²) in [6, 6.07) is 0.0448. The molecular formula is C25H34F5N5O5. The molecule has 0 saturated carbocycles. The molecular weight excluding hydrogens is 545 g/mol. The second kappa shape index (κ2) is 14.4. The van der Waals surface area contributed by atoms with Crippen LogP contribution in [0.15, 0.2) is 23.2 Å². The number of nitrogens with one attached hydrogen (secondary N) is 3. The highest BCUT2D eigenvalue weighted by molar-refractivity contribution is 5.86.